The first-order chi connectivity index (χ1) is 11.7. The zero-order valence-electron chi connectivity index (χ0n) is 13.7. The lowest BCUT2D eigenvalue weighted by atomic mass is 9.94. The van der Waals surface area contributed by atoms with Gasteiger partial charge >= 0.3 is 6.18 Å². The van der Waals surface area contributed by atoms with Crippen molar-refractivity contribution in [1.82, 2.24) is 4.98 Å². The first kappa shape index (κ1) is 19.1. The summed E-state index contributed by atoms with van der Waals surface area (Å²) >= 11 is 1.21. The lowest BCUT2D eigenvalue weighted by Crippen LogP contribution is -2.21. The number of halogens is 3. The van der Waals surface area contributed by atoms with E-state index in [-0.39, 0.29) is 0 Å². The van der Waals surface area contributed by atoms with Gasteiger partial charge in [0.25, 0.3) is 0 Å². The van der Waals surface area contributed by atoms with Crippen LogP contribution < -0.4 is 0 Å². The van der Waals surface area contributed by atoms with Crippen molar-refractivity contribution in [3.8, 4) is 10.6 Å². The van der Waals surface area contributed by atoms with E-state index in [1.807, 2.05) is 0 Å². The Morgan fingerprint density at radius 3 is 2.44 bits per heavy atom. The fourth-order valence-electron chi connectivity index (χ4n) is 2.16. The molecule has 1 N–H and O–H groups in total. The second kappa shape index (κ2) is 7.33. The maximum atomic E-state index is 12.6. The van der Waals surface area contributed by atoms with Gasteiger partial charge in [-0.15, -0.1) is 11.3 Å². The quantitative estimate of drug-likeness (QED) is 0.607. The van der Waals surface area contributed by atoms with Crippen LogP contribution in [0.3, 0.4) is 0 Å². The van der Waals surface area contributed by atoms with Gasteiger partial charge < -0.3 is 5.11 Å². The fraction of sp³-hybridized carbons (Fsp3) is 0.222. The van der Waals surface area contributed by atoms with E-state index in [2.05, 4.69) is 16.6 Å². The maximum Gasteiger partial charge on any atom is 0.416 e. The second-order valence-corrected chi connectivity index (χ2v) is 6.44. The molecule has 0 saturated carbocycles. The predicted octanol–water partition coefficient (Wildman–Crippen LogP) is 4.85. The van der Waals surface area contributed by atoms with Gasteiger partial charge in [-0.05, 0) is 30.7 Å². The molecule has 0 aliphatic carbocycles. The molecule has 1 heterocycles. The summed E-state index contributed by atoms with van der Waals surface area (Å²) in [6, 6.07) is 4.77. The molecule has 3 nitrogen and oxygen atoms in total. The van der Waals surface area contributed by atoms with Crippen molar-refractivity contribution in [3.05, 3.63) is 65.2 Å². The Balaban J connectivity index is 2.34. The van der Waals surface area contributed by atoms with Crippen molar-refractivity contribution in [1.29, 1.82) is 0 Å². The fourth-order valence-corrected chi connectivity index (χ4v) is 3.15. The normalized spacial score (nSPS) is 15.4. The third-order valence-corrected chi connectivity index (χ3v) is 4.89. The highest BCUT2D eigenvalue weighted by molar-refractivity contribution is 7.15. The van der Waals surface area contributed by atoms with Gasteiger partial charge in [-0.3, -0.25) is 4.99 Å². The monoisotopic (exact) mass is 366 g/mol. The molecule has 1 aromatic heterocycles. The molecule has 0 aliphatic heterocycles. The molecule has 132 valence electrons. The summed E-state index contributed by atoms with van der Waals surface area (Å²) < 4.78 is 37.9. The Bertz CT molecular complexity index is 802. The van der Waals surface area contributed by atoms with Crippen LogP contribution in [0.25, 0.3) is 10.6 Å². The van der Waals surface area contributed by atoms with Gasteiger partial charge in [-0.25, -0.2) is 4.98 Å². The summed E-state index contributed by atoms with van der Waals surface area (Å²) in [5.74, 6) is 0. The molecule has 0 aliphatic rings. The van der Waals surface area contributed by atoms with Gasteiger partial charge in [0.2, 0.25) is 0 Å². The third-order valence-electron chi connectivity index (χ3n) is 3.63. The highest BCUT2D eigenvalue weighted by Crippen LogP contribution is 2.37. The van der Waals surface area contributed by atoms with Crippen molar-refractivity contribution in [2.75, 3.05) is 7.05 Å². The summed E-state index contributed by atoms with van der Waals surface area (Å²) in [5, 5.41) is 11.3. The molecule has 7 heteroatoms. The molecule has 1 atom stereocenters. The van der Waals surface area contributed by atoms with Crippen LogP contribution in [0.1, 0.15) is 17.4 Å². The molecule has 0 radical (unpaired) electrons. The molecule has 1 aromatic carbocycles. The topological polar surface area (TPSA) is 45.5 Å². The van der Waals surface area contributed by atoms with Crippen molar-refractivity contribution < 1.29 is 18.3 Å². The van der Waals surface area contributed by atoms with Crippen LogP contribution in [0.5, 0.6) is 0 Å². The van der Waals surface area contributed by atoms with Crippen LogP contribution in [0.15, 0.2) is 59.8 Å². The standard InChI is InChI=1S/C18H17F3N2OS/c1-4-13(9-10-22-3)17(2,24)15-11-23-16(25-15)12-5-7-14(8-6-12)18(19,20)21/h4-11,24H,1H2,2-3H3/b13-9+,22-10?. The van der Waals surface area contributed by atoms with Crippen LogP contribution in [-0.4, -0.2) is 23.4 Å². The first-order valence-corrected chi connectivity index (χ1v) is 8.13. The zero-order valence-corrected chi connectivity index (χ0v) is 14.5. The smallest absolute Gasteiger partial charge is 0.380 e. The Kier molecular flexibility index (Phi) is 5.59. The SMILES string of the molecule is C=C/C(=C\C=NC)C(C)(O)c1cnc(-c2ccc(C(F)(F)F)cc2)s1. The van der Waals surface area contributed by atoms with E-state index in [1.165, 1.54) is 35.7 Å². The van der Waals surface area contributed by atoms with Crippen molar-refractivity contribution >= 4 is 17.6 Å². The van der Waals surface area contributed by atoms with Crippen molar-refractivity contribution in [2.45, 2.75) is 18.7 Å². The molecule has 1 unspecified atom stereocenters. The Morgan fingerprint density at radius 2 is 1.92 bits per heavy atom. The number of hydrogen-bond acceptors (Lipinski definition) is 4. The largest absolute Gasteiger partial charge is 0.416 e. The zero-order chi connectivity index (χ0) is 18.7. The van der Waals surface area contributed by atoms with Gasteiger partial charge in [0.1, 0.15) is 10.6 Å². The minimum atomic E-state index is -4.37. The molecule has 0 amide bonds. The number of hydrogen-bond donors (Lipinski definition) is 1. The Labute approximate surface area is 147 Å². The molecule has 0 saturated heterocycles. The summed E-state index contributed by atoms with van der Waals surface area (Å²) in [5.41, 5.74) is -0.944. The van der Waals surface area contributed by atoms with Gasteiger partial charge in [-0.2, -0.15) is 13.2 Å². The summed E-state index contributed by atoms with van der Waals surface area (Å²) in [6.45, 7) is 5.30. The number of aliphatic imine (C=N–C) groups is 1. The van der Waals surface area contributed by atoms with Gasteiger partial charge in [-0.1, -0.05) is 24.8 Å². The van der Waals surface area contributed by atoms with Crippen LogP contribution in [-0.2, 0) is 11.8 Å². The van der Waals surface area contributed by atoms with Crippen LogP contribution in [0.4, 0.5) is 13.2 Å². The van der Waals surface area contributed by atoms with E-state index >= 15 is 0 Å². The lowest BCUT2D eigenvalue weighted by Gasteiger charge is -2.22. The van der Waals surface area contributed by atoms with E-state index in [0.29, 0.717) is 21.0 Å². The number of aliphatic hydroxyl groups is 1. The number of nitrogens with zero attached hydrogens (tertiary/aromatic N) is 2. The number of aromatic nitrogens is 1. The molecule has 2 rings (SSSR count). The lowest BCUT2D eigenvalue weighted by molar-refractivity contribution is -0.137. The summed E-state index contributed by atoms with van der Waals surface area (Å²) in [4.78, 5) is 8.62. The summed E-state index contributed by atoms with van der Waals surface area (Å²) in [7, 11) is 1.61. The molecular formula is C18H17F3N2OS. The number of benzene rings is 1. The van der Waals surface area contributed by atoms with Crippen LogP contribution >= 0.6 is 11.3 Å². The highest BCUT2D eigenvalue weighted by atomic mass is 32.1. The average Bonchev–Trinajstić information content (AvgIpc) is 3.05. The minimum absolute atomic E-state index is 0.525. The van der Waals surface area contributed by atoms with Crippen LogP contribution in [0.2, 0.25) is 0 Å². The van der Waals surface area contributed by atoms with Gasteiger partial charge in [0.15, 0.2) is 0 Å². The van der Waals surface area contributed by atoms with Gasteiger partial charge in [0.05, 0.1) is 10.4 Å². The van der Waals surface area contributed by atoms with Crippen molar-refractivity contribution in [3.63, 3.8) is 0 Å². The minimum Gasteiger partial charge on any atom is -0.380 e. The van der Waals surface area contributed by atoms with Crippen molar-refractivity contribution in [2.24, 2.45) is 4.99 Å². The Morgan fingerprint density at radius 1 is 1.28 bits per heavy atom. The number of allylic oxidation sites excluding steroid dienone is 1. The molecule has 2 aromatic rings. The molecule has 0 spiro atoms. The second-order valence-electron chi connectivity index (χ2n) is 5.41. The highest BCUT2D eigenvalue weighted by Gasteiger charge is 2.31. The van der Waals surface area contributed by atoms with Gasteiger partial charge in [0, 0.05) is 25.0 Å². The predicted molar refractivity (Wildman–Crippen MR) is 94.8 cm³/mol. The summed E-state index contributed by atoms with van der Waals surface area (Å²) in [6.07, 6.45) is 1.85. The maximum absolute atomic E-state index is 12.6. The van der Waals surface area contributed by atoms with E-state index in [4.69, 9.17) is 0 Å². The van der Waals surface area contributed by atoms with E-state index in [0.717, 1.165) is 12.1 Å². The Hall–Kier alpha value is -2.25. The molecule has 0 bridgehead atoms. The van der Waals surface area contributed by atoms with E-state index in [1.54, 1.807) is 26.3 Å². The average molecular weight is 366 g/mol. The number of thiazole rings is 1. The van der Waals surface area contributed by atoms with Crippen LogP contribution in [0, 0.1) is 0 Å². The van der Waals surface area contributed by atoms with E-state index < -0.39 is 17.3 Å². The third kappa shape index (κ3) is 4.24. The number of rotatable bonds is 5. The number of alkyl halides is 3. The first-order valence-electron chi connectivity index (χ1n) is 7.31. The van der Waals surface area contributed by atoms with E-state index in [9.17, 15) is 18.3 Å². The molecular weight excluding hydrogens is 349 g/mol. The molecule has 25 heavy (non-hydrogen) atoms. The molecule has 0 fully saturated rings.